The van der Waals surface area contributed by atoms with Gasteiger partial charge in [0.05, 0.1) is 6.54 Å². The predicted molar refractivity (Wildman–Crippen MR) is 76.4 cm³/mol. The van der Waals surface area contributed by atoms with Crippen LogP contribution in [-0.4, -0.2) is 28.8 Å². The first-order valence-electron chi connectivity index (χ1n) is 6.30. The molecule has 102 valence electrons. The minimum absolute atomic E-state index is 0.0353. The van der Waals surface area contributed by atoms with E-state index in [1.165, 1.54) is 0 Å². The molecule has 5 heteroatoms. The fraction of sp³-hybridized carbons (Fsp3) is 0.429. The van der Waals surface area contributed by atoms with Gasteiger partial charge >= 0.3 is 0 Å². The van der Waals surface area contributed by atoms with Gasteiger partial charge in [0.15, 0.2) is 0 Å². The number of halogens is 1. The van der Waals surface area contributed by atoms with Crippen molar-refractivity contribution >= 4 is 27.7 Å². The fourth-order valence-corrected chi connectivity index (χ4v) is 2.49. The summed E-state index contributed by atoms with van der Waals surface area (Å²) in [5, 5.41) is 2.66. The standard InChI is InChI=1S/C14H17BrN2O2/c1-3-14(2)13(19)16-8-12(18)17(14)9-10-4-6-11(15)7-5-10/h4-7H,3,8-9H2,1-2H3,(H,16,19). The van der Waals surface area contributed by atoms with Gasteiger partial charge in [-0.1, -0.05) is 35.0 Å². The van der Waals surface area contributed by atoms with Crippen molar-refractivity contribution in [3.63, 3.8) is 0 Å². The van der Waals surface area contributed by atoms with Gasteiger partial charge in [0.2, 0.25) is 11.8 Å². The van der Waals surface area contributed by atoms with E-state index < -0.39 is 5.54 Å². The monoisotopic (exact) mass is 324 g/mol. The lowest BCUT2D eigenvalue weighted by molar-refractivity contribution is -0.153. The highest BCUT2D eigenvalue weighted by molar-refractivity contribution is 9.10. The summed E-state index contributed by atoms with van der Waals surface area (Å²) in [6.07, 6.45) is 0.598. The molecule has 0 bridgehead atoms. The molecule has 2 rings (SSSR count). The molecule has 1 N–H and O–H groups in total. The van der Waals surface area contributed by atoms with E-state index in [4.69, 9.17) is 0 Å². The van der Waals surface area contributed by atoms with Gasteiger partial charge in [0.25, 0.3) is 0 Å². The Labute approximate surface area is 121 Å². The van der Waals surface area contributed by atoms with Gasteiger partial charge < -0.3 is 10.2 Å². The first-order valence-corrected chi connectivity index (χ1v) is 7.10. The molecule has 1 unspecified atom stereocenters. The molecule has 0 radical (unpaired) electrons. The van der Waals surface area contributed by atoms with E-state index in [-0.39, 0.29) is 18.4 Å². The Morgan fingerprint density at radius 2 is 1.95 bits per heavy atom. The Morgan fingerprint density at radius 3 is 2.53 bits per heavy atom. The summed E-state index contributed by atoms with van der Waals surface area (Å²) in [5.74, 6) is -0.112. The van der Waals surface area contributed by atoms with Gasteiger partial charge in [-0.25, -0.2) is 0 Å². The van der Waals surface area contributed by atoms with Crippen LogP contribution in [0, 0.1) is 0 Å². The normalized spacial score (nSPS) is 23.4. The van der Waals surface area contributed by atoms with Crippen LogP contribution < -0.4 is 5.32 Å². The molecule has 0 aliphatic carbocycles. The number of nitrogens with zero attached hydrogens (tertiary/aromatic N) is 1. The maximum absolute atomic E-state index is 12.1. The zero-order chi connectivity index (χ0) is 14.0. The lowest BCUT2D eigenvalue weighted by Gasteiger charge is -2.43. The van der Waals surface area contributed by atoms with Crippen LogP contribution in [0.1, 0.15) is 25.8 Å². The highest BCUT2D eigenvalue weighted by atomic mass is 79.9. The van der Waals surface area contributed by atoms with Crippen LogP contribution in [0.25, 0.3) is 0 Å². The minimum atomic E-state index is -0.762. The number of carbonyl (C=O) groups is 2. The second-order valence-corrected chi connectivity index (χ2v) is 5.83. The molecule has 1 fully saturated rings. The van der Waals surface area contributed by atoms with E-state index in [1.807, 2.05) is 38.1 Å². The average Bonchev–Trinajstić information content (AvgIpc) is 2.41. The van der Waals surface area contributed by atoms with Crippen LogP contribution in [-0.2, 0) is 16.1 Å². The number of piperazine rings is 1. The summed E-state index contributed by atoms with van der Waals surface area (Å²) in [7, 11) is 0. The van der Waals surface area contributed by atoms with E-state index >= 15 is 0 Å². The topological polar surface area (TPSA) is 49.4 Å². The second kappa shape index (κ2) is 5.33. The van der Waals surface area contributed by atoms with Crippen molar-refractivity contribution < 1.29 is 9.59 Å². The average molecular weight is 325 g/mol. The van der Waals surface area contributed by atoms with Gasteiger partial charge in [0, 0.05) is 11.0 Å². The molecule has 19 heavy (non-hydrogen) atoms. The minimum Gasteiger partial charge on any atom is -0.345 e. The van der Waals surface area contributed by atoms with Gasteiger partial charge in [-0.05, 0) is 31.0 Å². The Morgan fingerprint density at radius 1 is 1.32 bits per heavy atom. The first kappa shape index (κ1) is 14.1. The molecule has 4 nitrogen and oxygen atoms in total. The number of nitrogens with one attached hydrogen (secondary N) is 1. The highest BCUT2D eigenvalue weighted by Gasteiger charge is 2.43. The molecule has 0 aromatic heterocycles. The van der Waals surface area contributed by atoms with Gasteiger partial charge in [-0.15, -0.1) is 0 Å². The Balaban J connectivity index is 2.26. The molecule has 1 atom stereocenters. The molecule has 1 aliphatic heterocycles. The van der Waals surface area contributed by atoms with Gasteiger partial charge in [0.1, 0.15) is 5.54 Å². The number of amides is 2. The van der Waals surface area contributed by atoms with Crippen LogP contribution in [0.4, 0.5) is 0 Å². The molecular weight excluding hydrogens is 308 g/mol. The van der Waals surface area contributed by atoms with Crippen molar-refractivity contribution in [2.24, 2.45) is 0 Å². The number of benzene rings is 1. The van der Waals surface area contributed by atoms with Crippen LogP contribution in [0.5, 0.6) is 0 Å². The van der Waals surface area contributed by atoms with Crippen molar-refractivity contribution in [2.75, 3.05) is 6.54 Å². The van der Waals surface area contributed by atoms with Crippen LogP contribution in [0.2, 0.25) is 0 Å². The number of hydrogen-bond donors (Lipinski definition) is 1. The smallest absolute Gasteiger partial charge is 0.246 e. The summed E-state index contributed by atoms with van der Waals surface area (Å²) in [6.45, 7) is 4.29. The summed E-state index contributed by atoms with van der Waals surface area (Å²) in [5.41, 5.74) is 0.258. The first-order chi connectivity index (χ1) is 8.97. The molecule has 1 aromatic carbocycles. The highest BCUT2D eigenvalue weighted by Crippen LogP contribution is 2.25. The predicted octanol–water partition coefficient (Wildman–Crippen LogP) is 2.08. The maximum atomic E-state index is 12.1. The third-order valence-corrected chi connectivity index (χ3v) is 4.26. The van der Waals surface area contributed by atoms with E-state index in [9.17, 15) is 9.59 Å². The summed E-state index contributed by atoms with van der Waals surface area (Å²) in [4.78, 5) is 25.8. The van der Waals surface area contributed by atoms with Crippen LogP contribution in [0.15, 0.2) is 28.7 Å². The molecule has 1 saturated heterocycles. The third-order valence-electron chi connectivity index (χ3n) is 3.73. The molecule has 1 heterocycles. The summed E-state index contributed by atoms with van der Waals surface area (Å²) < 4.78 is 0.997. The number of carbonyl (C=O) groups excluding carboxylic acids is 2. The molecule has 1 aromatic rings. The third kappa shape index (κ3) is 2.66. The zero-order valence-electron chi connectivity index (χ0n) is 11.1. The lowest BCUT2D eigenvalue weighted by Crippen LogP contribution is -2.65. The molecule has 1 aliphatic rings. The van der Waals surface area contributed by atoms with Gasteiger partial charge in [-0.2, -0.15) is 0 Å². The molecular formula is C14H17BrN2O2. The second-order valence-electron chi connectivity index (χ2n) is 4.92. The van der Waals surface area contributed by atoms with Crippen LogP contribution >= 0.6 is 15.9 Å². The molecule has 0 spiro atoms. The molecule has 0 saturated carbocycles. The van der Waals surface area contributed by atoms with Crippen molar-refractivity contribution in [1.82, 2.24) is 10.2 Å². The van der Waals surface area contributed by atoms with E-state index in [0.29, 0.717) is 13.0 Å². The Hall–Kier alpha value is -1.36. The van der Waals surface area contributed by atoms with E-state index in [0.717, 1.165) is 10.0 Å². The maximum Gasteiger partial charge on any atom is 0.246 e. The number of rotatable bonds is 3. The quantitative estimate of drug-likeness (QED) is 0.925. The van der Waals surface area contributed by atoms with E-state index in [2.05, 4.69) is 21.2 Å². The summed E-state index contributed by atoms with van der Waals surface area (Å²) >= 11 is 3.38. The van der Waals surface area contributed by atoms with Crippen molar-refractivity contribution in [3.05, 3.63) is 34.3 Å². The van der Waals surface area contributed by atoms with Crippen LogP contribution in [0.3, 0.4) is 0 Å². The Bertz CT molecular complexity index is 501. The van der Waals surface area contributed by atoms with Crippen molar-refractivity contribution in [2.45, 2.75) is 32.4 Å². The SMILES string of the molecule is CCC1(C)C(=O)NCC(=O)N1Cc1ccc(Br)cc1. The molecule has 2 amide bonds. The fourth-order valence-electron chi connectivity index (χ4n) is 2.23. The number of hydrogen-bond acceptors (Lipinski definition) is 2. The van der Waals surface area contributed by atoms with Crippen molar-refractivity contribution in [1.29, 1.82) is 0 Å². The van der Waals surface area contributed by atoms with E-state index in [1.54, 1.807) is 4.90 Å². The lowest BCUT2D eigenvalue weighted by atomic mass is 9.92. The largest absolute Gasteiger partial charge is 0.345 e. The van der Waals surface area contributed by atoms with Crippen molar-refractivity contribution in [3.8, 4) is 0 Å². The Kier molecular flexibility index (Phi) is 3.94. The summed E-state index contributed by atoms with van der Waals surface area (Å²) in [6, 6.07) is 7.79. The van der Waals surface area contributed by atoms with Gasteiger partial charge in [-0.3, -0.25) is 9.59 Å². The zero-order valence-corrected chi connectivity index (χ0v) is 12.7.